The fraction of sp³-hybridized carbons (Fsp3) is 0.263. The Bertz CT molecular complexity index is 798. The third-order valence-corrected chi connectivity index (χ3v) is 5.65. The van der Waals surface area contributed by atoms with E-state index < -0.39 is 12.1 Å². The number of rotatable bonds is 5. The van der Waals surface area contributed by atoms with E-state index in [0.29, 0.717) is 5.02 Å². The number of carbonyl (C=O) groups is 2. The molecule has 0 unspecified atom stereocenters. The smallest absolute Gasteiger partial charge is 0.312 e. The lowest BCUT2D eigenvalue weighted by atomic mass is 10.0. The third-order valence-electron chi connectivity index (χ3n) is 4.27. The number of hydrogen-bond acceptors (Lipinski definition) is 3. The first-order valence-corrected chi connectivity index (χ1v) is 9.72. The first-order valence-electron chi connectivity index (χ1n) is 8.35. The van der Waals surface area contributed by atoms with Crippen molar-refractivity contribution in [2.45, 2.75) is 29.8 Å². The largest absolute Gasteiger partial charge is 0.352 e. The zero-order valence-corrected chi connectivity index (χ0v) is 15.6. The molecule has 2 aromatic rings. The molecule has 0 saturated carbocycles. The molecule has 3 amide bonds. The van der Waals surface area contributed by atoms with Crippen LogP contribution in [0.4, 0.5) is 4.79 Å². The van der Waals surface area contributed by atoms with Gasteiger partial charge in [0.25, 0.3) is 0 Å². The third kappa shape index (κ3) is 4.71. The van der Waals surface area contributed by atoms with Crippen LogP contribution in [0.2, 0.25) is 5.02 Å². The average molecular weight is 390 g/mol. The fourth-order valence-corrected chi connectivity index (χ4v) is 4.30. The summed E-state index contributed by atoms with van der Waals surface area (Å²) < 4.78 is 0. The van der Waals surface area contributed by atoms with E-state index in [1.807, 2.05) is 18.2 Å². The molecular formula is C19H20ClN3O2S. The highest BCUT2D eigenvalue weighted by atomic mass is 35.5. The molecule has 1 heterocycles. The second kappa shape index (κ2) is 8.47. The van der Waals surface area contributed by atoms with E-state index in [4.69, 9.17) is 17.3 Å². The summed E-state index contributed by atoms with van der Waals surface area (Å²) >= 11 is 7.71. The Morgan fingerprint density at radius 3 is 2.65 bits per heavy atom. The number of thioether (sulfide) groups is 1. The summed E-state index contributed by atoms with van der Waals surface area (Å²) in [5, 5.41) is 6.31. The highest BCUT2D eigenvalue weighted by Gasteiger charge is 2.24. The Hall–Kier alpha value is -2.18. The van der Waals surface area contributed by atoms with Crippen molar-refractivity contribution >= 4 is 35.3 Å². The SMILES string of the molecule is NC(=O)N[C@@H](CC(=O)N[C@H]1CCSc2ccccc21)c1ccc(Cl)cc1. The number of nitrogens with two attached hydrogens (primary N) is 1. The van der Waals surface area contributed by atoms with Crippen LogP contribution in [-0.2, 0) is 4.79 Å². The Morgan fingerprint density at radius 2 is 1.92 bits per heavy atom. The second-order valence-electron chi connectivity index (χ2n) is 6.11. The number of carbonyl (C=O) groups excluding carboxylic acids is 2. The van der Waals surface area contributed by atoms with Crippen molar-refractivity contribution in [3.8, 4) is 0 Å². The van der Waals surface area contributed by atoms with Crippen molar-refractivity contribution in [3.05, 3.63) is 64.7 Å². The molecule has 0 aromatic heterocycles. The first-order chi connectivity index (χ1) is 12.5. The maximum Gasteiger partial charge on any atom is 0.312 e. The van der Waals surface area contributed by atoms with Crippen molar-refractivity contribution in [1.29, 1.82) is 0 Å². The second-order valence-corrected chi connectivity index (χ2v) is 7.69. The Labute approximate surface area is 161 Å². The number of amides is 3. The van der Waals surface area contributed by atoms with Crippen LogP contribution < -0.4 is 16.4 Å². The summed E-state index contributed by atoms with van der Waals surface area (Å²) in [6.07, 6.45) is 0.985. The van der Waals surface area contributed by atoms with Crippen molar-refractivity contribution in [1.82, 2.24) is 10.6 Å². The minimum Gasteiger partial charge on any atom is -0.352 e. The Kier molecular flexibility index (Phi) is 6.06. The van der Waals surface area contributed by atoms with E-state index >= 15 is 0 Å². The van der Waals surface area contributed by atoms with Crippen LogP contribution in [0.15, 0.2) is 53.4 Å². The van der Waals surface area contributed by atoms with Crippen molar-refractivity contribution in [2.75, 3.05) is 5.75 Å². The lowest BCUT2D eigenvalue weighted by Gasteiger charge is -2.27. The molecule has 2 atom stereocenters. The first kappa shape index (κ1) is 18.6. The van der Waals surface area contributed by atoms with Crippen LogP contribution >= 0.6 is 23.4 Å². The highest BCUT2D eigenvalue weighted by molar-refractivity contribution is 7.99. The number of urea groups is 1. The standard InChI is InChI=1S/C19H20ClN3O2S/c20-13-7-5-12(6-8-13)16(23-19(21)25)11-18(24)22-15-9-10-26-17-4-2-1-3-14(15)17/h1-8,15-16H,9-11H2,(H,22,24)(H3,21,23,25)/t15-,16-/m0/s1. The number of fused-ring (bicyclic) bond motifs is 1. The topological polar surface area (TPSA) is 84.2 Å². The van der Waals surface area contributed by atoms with Crippen LogP contribution in [-0.4, -0.2) is 17.7 Å². The number of nitrogens with one attached hydrogen (secondary N) is 2. The van der Waals surface area contributed by atoms with Gasteiger partial charge in [-0.15, -0.1) is 11.8 Å². The lowest BCUT2D eigenvalue weighted by molar-refractivity contribution is -0.122. The summed E-state index contributed by atoms with van der Waals surface area (Å²) in [4.78, 5) is 25.2. The van der Waals surface area contributed by atoms with Crippen LogP contribution in [0.3, 0.4) is 0 Å². The molecule has 0 fully saturated rings. The Morgan fingerprint density at radius 1 is 1.19 bits per heavy atom. The van der Waals surface area contributed by atoms with Gasteiger partial charge in [0.1, 0.15) is 0 Å². The van der Waals surface area contributed by atoms with E-state index in [1.54, 1.807) is 36.0 Å². The van der Waals surface area contributed by atoms with E-state index in [1.165, 1.54) is 4.90 Å². The molecule has 3 rings (SSSR count). The molecular weight excluding hydrogens is 370 g/mol. The Balaban J connectivity index is 1.70. The van der Waals surface area contributed by atoms with Gasteiger partial charge in [0.2, 0.25) is 5.91 Å². The van der Waals surface area contributed by atoms with Gasteiger partial charge in [0.15, 0.2) is 0 Å². The van der Waals surface area contributed by atoms with Gasteiger partial charge in [0.05, 0.1) is 18.5 Å². The fourth-order valence-electron chi connectivity index (χ4n) is 3.05. The lowest BCUT2D eigenvalue weighted by Crippen LogP contribution is -2.38. The van der Waals surface area contributed by atoms with Crippen LogP contribution in [0.1, 0.15) is 36.1 Å². The molecule has 4 N–H and O–H groups in total. The van der Waals surface area contributed by atoms with E-state index in [9.17, 15) is 9.59 Å². The normalized spacial score (nSPS) is 17.0. The predicted octanol–water partition coefficient (Wildman–Crippen LogP) is 3.79. The van der Waals surface area contributed by atoms with E-state index in [2.05, 4.69) is 16.7 Å². The molecule has 26 heavy (non-hydrogen) atoms. The monoisotopic (exact) mass is 389 g/mol. The predicted molar refractivity (Wildman–Crippen MR) is 104 cm³/mol. The minimum atomic E-state index is -0.669. The van der Waals surface area contributed by atoms with Gasteiger partial charge in [-0.3, -0.25) is 4.79 Å². The van der Waals surface area contributed by atoms with Gasteiger partial charge in [0, 0.05) is 15.7 Å². The molecule has 0 spiro atoms. The summed E-state index contributed by atoms with van der Waals surface area (Å²) in [5.41, 5.74) is 7.20. The van der Waals surface area contributed by atoms with Crippen LogP contribution in [0.5, 0.6) is 0 Å². The van der Waals surface area contributed by atoms with Gasteiger partial charge in [-0.05, 0) is 35.7 Å². The van der Waals surface area contributed by atoms with Crippen LogP contribution in [0.25, 0.3) is 0 Å². The van der Waals surface area contributed by atoms with Crippen LogP contribution in [0, 0.1) is 0 Å². The van der Waals surface area contributed by atoms with E-state index in [-0.39, 0.29) is 18.4 Å². The maximum atomic E-state index is 12.6. The molecule has 0 aliphatic carbocycles. The molecule has 1 aliphatic heterocycles. The molecule has 0 saturated heterocycles. The van der Waals surface area contributed by atoms with Gasteiger partial charge >= 0.3 is 6.03 Å². The number of benzene rings is 2. The maximum absolute atomic E-state index is 12.6. The van der Waals surface area contributed by atoms with Gasteiger partial charge in [-0.25, -0.2) is 4.79 Å². The number of hydrogen-bond donors (Lipinski definition) is 3. The molecule has 5 nitrogen and oxygen atoms in total. The zero-order valence-electron chi connectivity index (χ0n) is 14.1. The summed E-state index contributed by atoms with van der Waals surface area (Å²) in [7, 11) is 0. The quantitative estimate of drug-likeness (QED) is 0.727. The summed E-state index contributed by atoms with van der Waals surface area (Å²) in [5.74, 6) is 0.827. The highest BCUT2D eigenvalue weighted by Crippen LogP contribution is 2.36. The van der Waals surface area contributed by atoms with E-state index in [0.717, 1.165) is 23.3 Å². The molecule has 0 bridgehead atoms. The molecule has 2 aromatic carbocycles. The van der Waals surface area contributed by atoms with Gasteiger partial charge in [-0.2, -0.15) is 0 Å². The van der Waals surface area contributed by atoms with Gasteiger partial charge < -0.3 is 16.4 Å². The molecule has 0 radical (unpaired) electrons. The number of primary amides is 1. The van der Waals surface area contributed by atoms with Crippen molar-refractivity contribution < 1.29 is 9.59 Å². The van der Waals surface area contributed by atoms with Crippen molar-refractivity contribution in [3.63, 3.8) is 0 Å². The van der Waals surface area contributed by atoms with Crippen molar-refractivity contribution in [2.24, 2.45) is 5.73 Å². The van der Waals surface area contributed by atoms with Gasteiger partial charge in [-0.1, -0.05) is 41.9 Å². The summed E-state index contributed by atoms with van der Waals surface area (Å²) in [6.45, 7) is 0. The average Bonchev–Trinajstić information content (AvgIpc) is 2.62. The minimum absolute atomic E-state index is 0.0144. The zero-order chi connectivity index (χ0) is 18.5. The molecule has 136 valence electrons. The molecule has 1 aliphatic rings. The molecule has 7 heteroatoms. The number of halogens is 1. The summed E-state index contributed by atoms with van der Waals surface area (Å²) in [6, 6.07) is 13.9.